The molecule has 0 radical (unpaired) electrons. The third-order valence-electron chi connectivity index (χ3n) is 2.01. The van der Waals surface area contributed by atoms with Crippen molar-refractivity contribution in [2.24, 2.45) is 0 Å². The van der Waals surface area contributed by atoms with E-state index in [9.17, 15) is 0 Å². The van der Waals surface area contributed by atoms with Gasteiger partial charge in [-0.15, -0.1) is 0 Å². The fourth-order valence-electron chi connectivity index (χ4n) is 1.09. The molecular formula is C9H15Cl5. The van der Waals surface area contributed by atoms with Gasteiger partial charge in [0.15, 0.2) is 4.33 Å². The van der Waals surface area contributed by atoms with E-state index in [4.69, 9.17) is 58.0 Å². The largest absolute Gasteiger partial charge is 0.223 e. The minimum Gasteiger partial charge on any atom is -0.0969 e. The summed E-state index contributed by atoms with van der Waals surface area (Å²) in [5.74, 6) is 0. The van der Waals surface area contributed by atoms with E-state index >= 15 is 0 Å². The van der Waals surface area contributed by atoms with Crippen molar-refractivity contribution in [3.8, 4) is 0 Å². The second-order valence-electron chi connectivity index (χ2n) is 3.37. The molecule has 0 spiro atoms. The molecule has 0 N–H and O–H groups in total. The van der Waals surface area contributed by atoms with Crippen LogP contribution in [0.1, 0.15) is 45.4 Å². The van der Waals surface area contributed by atoms with Crippen LogP contribution in [0, 0.1) is 0 Å². The Bertz CT molecular complexity index is 150. The normalized spacial score (nSPS) is 13.3. The maximum absolute atomic E-state index is 5.89. The lowest BCUT2D eigenvalue weighted by Crippen LogP contribution is -2.30. The predicted octanol–water partition coefficient (Wildman–Crippen LogP) is 5.89. The van der Waals surface area contributed by atoms with Crippen molar-refractivity contribution >= 4 is 58.0 Å². The first-order valence-electron chi connectivity index (χ1n) is 4.76. The molecule has 0 aromatic rings. The van der Waals surface area contributed by atoms with Crippen molar-refractivity contribution in [2.75, 3.05) is 0 Å². The van der Waals surface area contributed by atoms with Gasteiger partial charge in [0.05, 0.1) is 0 Å². The van der Waals surface area contributed by atoms with Crippen molar-refractivity contribution in [2.45, 2.75) is 53.6 Å². The Kier molecular flexibility index (Phi) is 7.63. The molecule has 0 aromatic carbocycles. The molecule has 0 aliphatic carbocycles. The number of alkyl halides is 5. The fourth-order valence-corrected chi connectivity index (χ4v) is 1.64. The van der Waals surface area contributed by atoms with E-state index in [1.165, 1.54) is 19.3 Å². The summed E-state index contributed by atoms with van der Waals surface area (Å²) in [6.45, 7) is 2.16. The highest BCUT2D eigenvalue weighted by Gasteiger charge is 2.44. The lowest BCUT2D eigenvalue weighted by Gasteiger charge is -2.27. The Morgan fingerprint density at radius 2 is 1.29 bits per heavy atom. The van der Waals surface area contributed by atoms with Gasteiger partial charge < -0.3 is 0 Å². The zero-order chi connectivity index (χ0) is 11.2. The van der Waals surface area contributed by atoms with Crippen LogP contribution in [0.15, 0.2) is 0 Å². The summed E-state index contributed by atoms with van der Waals surface area (Å²) in [4.78, 5) is 0. The highest BCUT2D eigenvalue weighted by atomic mass is 35.6. The van der Waals surface area contributed by atoms with Crippen molar-refractivity contribution in [1.82, 2.24) is 0 Å². The van der Waals surface area contributed by atoms with Gasteiger partial charge in [0.25, 0.3) is 0 Å². The summed E-state index contributed by atoms with van der Waals surface area (Å²) in [7, 11) is 0. The molecule has 0 heterocycles. The zero-order valence-electron chi connectivity index (χ0n) is 8.13. The van der Waals surface area contributed by atoms with E-state index in [0.29, 0.717) is 6.42 Å². The Morgan fingerprint density at radius 3 is 1.71 bits per heavy atom. The maximum Gasteiger partial charge on any atom is 0.223 e. The molecule has 0 fully saturated rings. The smallest absolute Gasteiger partial charge is 0.0969 e. The third-order valence-corrected chi connectivity index (χ3v) is 4.50. The average molecular weight is 300 g/mol. The Hall–Kier alpha value is 1.45. The fraction of sp³-hybridized carbons (Fsp3) is 1.00. The number of hydrogen-bond donors (Lipinski definition) is 0. The van der Waals surface area contributed by atoms with Gasteiger partial charge in [-0.05, 0) is 6.42 Å². The second kappa shape index (κ2) is 6.91. The molecule has 0 amide bonds. The van der Waals surface area contributed by atoms with E-state index in [1.54, 1.807) is 0 Å². The first-order chi connectivity index (χ1) is 6.31. The lowest BCUT2D eigenvalue weighted by molar-refractivity contribution is 0.577. The molecule has 0 saturated carbocycles. The third kappa shape index (κ3) is 6.12. The van der Waals surface area contributed by atoms with Crippen molar-refractivity contribution < 1.29 is 0 Å². The molecular weight excluding hydrogens is 285 g/mol. The zero-order valence-corrected chi connectivity index (χ0v) is 11.9. The minimum atomic E-state index is -1.61. The molecule has 86 valence electrons. The van der Waals surface area contributed by atoms with Crippen LogP contribution in [0.25, 0.3) is 0 Å². The van der Waals surface area contributed by atoms with Gasteiger partial charge in [-0.2, -0.15) is 0 Å². The lowest BCUT2D eigenvalue weighted by atomic mass is 10.1. The Morgan fingerprint density at radius 1 is 0.786 bits per heavy atom. The van der Waals surface area contributed by atoms with Crippen LogP contribution in [-0.4, -0.2) is 8.13 Å². The summed E-state index contributed by atoms with van der Waals surface area (Å²) < 4.78 is -2.88. The molecule has 0 aliphatic heterocycles. The van der Waals surface area contributed by atoms with Gasteiger partial charge in [-0.25, -0.2) is 0 Å². The molecule has 0 nitrogen and oxygen atoms in total. The number of unbranched alkanes of at least 4 members (excludes halogenated alkanes) is 4. The molecule has 14 heavy (non-hydrogen) atoms. The van der Waals surface area contributed by atoms with Crippen molar-refractivity contribution in [3.05, 3.63) is 0 Å². The first-order valence-corrected chi connectivity index (χ1v) is 6.65. The predicted molar refractivity (Wildman–Crippen MR) is 68.1 cm³/mol. The van der Waals surface area contributed by atoms with Crippen molar-refractivity contribution in [3.63, 3.8) is 0 Å². The molecule has 0 rings (SSSR count). The molecule has 0 unspecified atom stereocenters. The van der Waals surface area contributed by atoms with Crippen molar-refractivity contribution in [1.29, 1.82) is 0 Å². The van der Waals surface area contributed by atoms with E-state index in [2.05, 4.69) is 6.92 Å². The highest BCUT2D eigenvalue weighted by Crippen LogP contribution is 2.48. The van der Waals surface area contributed by atoms with E-state index < -0.39 is 8.13 Å². The summed E-state index contributed by atoms with van der Waals surface area (Å²) in [5.41, 5.74) is 0. The Balaban J connectivity index is 3.67. The van der Waals surface area contributed by atoms with E-state index in [-0.39, 0.29) is 0 Å². The summed E-state index contributed by atoms with van der Waals surface area (Å²) in [6, 6.07) is 0. The highest BCUT2D eigenvalue weighted by molar-refractivity contribution is 6.75. The van der Waals surface area contributed by atoms with Gasteiger partial charge in [0.2, 0.25) is 3.79 Å². The van der Waals surface area contributed by atoms with Gasteiger partial charge in [-0.3, -0.25) is 0 Å². The van der Waals surface area contributed by atoms with E-state index in [0.717, 1.165) is 12.8 Å². The topological polar surface area (TPSA) is 0 Å². The van der Waals surface area contributed by atoms with Crippen LogP contribution in [0.3, 0.4) is 0 Å². The van der Waals surface area contributed by atoms with Crippen LogP contribution >= 0.6 is 58.0 Å². The second-order valence-corrected chi connectivity index (χ2v) is 7.13. The van der Waals surface area contributed by atoms with Crippen LogP contribution in [0.2, 0.25) is 0 Å². The van der Waals surface area contributed by atoms with Crippen LogP contribution < -0.4 is 0 Å². The minimum absolute atomic E-state index is 0.510. The number of rotatable bonds is 6. The van der Waals surface area contributed by atoms with Gasteiger partial charge in [0, 0.05) is 0 Å². The van der Waals surface area contributed by atoms with Gasteiger partial charge in [0.1, 0.15) is 0 Å². The number of halogens is 5. The van der Waals surface area contributed by atoms with Crippen LogP contribution in [0.4, 0.5) is 0 Å². The monoisotopic (exact) mass is 298 g/mol. The van der Waals surface area contributed by atoms with E-state index in [1.807, 2.05) is 0 Å². The number of hydrogen-bond acceptors (Lipinski definition) is 0. The maximum atomic E-state index is 5.89. The molecule has 0 aromatic heterocycles. The first kappa shape index (κ1) is 15.4. The average Bonchev–Trinajstić information content (AvgIpc) is 2.02. The molecule has 0 aliphatic rings. The molecule has 0 atom stereocenters. The molecule has 0 bridgehead atoms. The van der Waals surface area contributed by atoms with Crippen LogP contribution in [-0.2, 0) is 0 Å². The van der Waals surface area contributed by atoms with Crippen LogP contribution in [0.5, 0.6) is 0 Å². The summed E-state index contributed by atoms with van der Waals surface area (Å²) in [6.07, 6.45) is 6.09. The molecule has 5 heteroatoms. The standard InChI is InChI=1S/C9H15Cl5/c1-2-3-4-5-6-7-8(10,11)9(12,13)14/h2-7H2,1H3. The summed E-state index contributed by atoms with van der Waals surface area (Å²) in [5, 5.41) is 0. The quantitative estimate of drug-likeness (QED) is 0.424. The Labute approximate surface area is 111 Å². The SMILES string of the molecule is CCCCCCCC(Cl)(Cl)C(Cl)(Cl)Cl. The summed E-state index contributed by atoms with van der Waals surface area (Å²) >= 11 is 28.7. The van der Waals surface area contributed by atoms with Gasteiger partial charge >= 0.3 is 0 Å². The van der Waals surface area contributed by atoms with Gasteiger partial charge in [-0.1, -0.05) is 97.0 Å². The molecule has 0 saturated heterocycles.